The molecule has 0 radical (unpaired) electrons. The van der Waals surface area contributed by atoms with E-state index in [2.05, 4.69) is 5.32 Å². The van der Waals surface area contributed by atoms with Gasteiger partial charge in [0.05, 0.1) is 11.8 Å². The lowest BCUT2D eigenvalue weighted by Gasteiger charge is -2.27. The maximum Gasteiger partial charge on any atom is 0.307 e. The van der Waals surface area contributed by atoms with Crippen LogP contribution in [-0.4, -0.2) is 17.0 Å². The van der Waals surface area contributed by atoms with E-state index in [-0.39, 0.29) is 5.91 Å². The molecule has 5 nitrogen and oxygen atoms in total. The van der Waals surface area contributed by atoms with Crippen LogP contribution in [0.25, 0.3) is 0 Å². The summed E-state index contributed by atoms with van der Waals surface area (Å²) in [5.74, 6) is -0.743. The molecule has 2 atom stereocenters. The first kappa shape index (κ1) is 17.0. The van der Waals surface area contributed by atoms with Crippen molar-refractivity contribution >= 4 is 17.6 Å². The van der Waals surface area contributed by atoms with Crippen LogP contribution in [0.2, 0.25) is 0 Å². The number of carbonyl (C=O) groups is 2. The van der Waals surface area contributed by atoms with Crippen molar-refractivity contribution in [3.8, 4) is 11.5 Å². The van der Waals surface area contributed by atoms with Crippen LogP contribution in [0.3, 0.4) is 0 Å². The summed E-state index contributed by atoms with van der Waals surface area (Å²) in [7, 11) is 0. The molecule has 1 fully saturated rings. The summed E-state index contributed by atoms with van der Waals surface area (Å²) in [6.45, 7) is 0. The average molecular weight is 339 g/mol. The molecule has 25 heavy (non-hydrogen) atoms. The fourth-order valence-corrected chi connectivity index (χ4v) is 3.21. The summed E-state index contributed by atoms with van der Waals surface area (Å²) in [5.41, 5.74) is 0.639. The van der Waals surface area contributed by atoms with E-state index in [0.717, 1.165) is 18.6 Å². The van der Waals surface area contributed by atoms with Gasteiger partial charge in [-0.1, -0.05) is 31.0 Å². The quantitative estimate of drug-likeness (QED) is 0.851. The lowest BCUT2D eigenvalue weighted by Crippen LogP contribution is -2.36. The minimum atomic E-state index is -0.883. The number of rotatable bonds is 5. The molecule has 0 saturated heterocycles. The van der Waals surface area contributed by atoms with E-state index in [0.29, 0.717) is 24.3 Å². The Morgan fingerprint density at radius 1 is 0.880 bits per heavy atom. The van der Waals surface area contributed by atoms with Crippen molar-refractivity contribution in [2.75, 3.05) is 5.32 Å². The third-order valence-electron chi connectivity index (χ3n) is 4.52. The summed E-state index contributed by atoms with van der Waals surface area (Å²) in [6.07, 6.45) is 2.95. The normalized spacial score (nSPS) is 19.8. The van der Waals surface area contributed by atoms with Gasteiger partial charge in [0.15, 0.2) is 0 Å². The zero-order valence-electron chi connectivity index (χ0n) is 13.9. The van der Waals surface area contributed by atoms with Crippen LogP contribution in [0, 0.1) is 11.8 Å². The molecule has 0 aromatic heterocycles. The Balaban J connectivity index is 1.62. The van der Waals surface area contributed by atoms with Crippen LogP contribution in [0.4, 0.5) is 5.69 Å². The summed E-state index contributed by atoms with van der Waals surface area (Å²) in [6, 6.07) is 16.5. The maximum absolute atomic E-state index is 12.5. The lowest BCUT2D eigenvalue weighted by molar-refractivity contribution is -0.147. The van der Waals surface area contributed by atoms with E-state index >= 15 is 0 Å². The summed E-state index contributed by atoms with van der Waals surface area (Å²) in [5, 5.41) is 12.1. The van der Waals surface area contributed by atoms with Gasteiger partial charge < -0.3 is 15.2 Å². The SMILES string of the molecule is O=C(O)[C@H]1CCCC[C@@H]1C(=O)Nc1ccc(Oc2ccccc2)cc1. The first-order chi connectivity index (χ1) is 12.1. The molecule has 1 aliphatic rings. The van der Waals surface area contributed by atoms with Crippen molar-refractivity contribution < 1.29 is 19.4 Å². The van der Waals surface area contributed by atoms with Crippen molar-refractivity contribution in [1.82, 2.24) is 0 Å². The zero-order chi connectivity index (χ0) is 17.6. The number of amides is 1. The number of hydrogen-bond donors (Lipinski definition) is 2. The second-order valence-corrected chi connectivity index (χ2v) is 6.26. The van der Waals surface area contributed by atoms with Gasteiger partial charge in [0.2, 0.25) is 5.91 Å². The third-order valence-corrected chi connectivity index (χ3v) is 4.52. The molecular formula is C20H21NO4. The van der Waals surface area contributed by atoms with E-state index in [1.165, 1.54) is 0 Å². The number of ether oxygens (including phenoxy) is 1. The molecule has 1 saturated carbocycles. The number of nitrogens with one attached hydrogen (secondary N) is 1. The third kappa shape index (κ3) is 4.38. The van der Waals surface area contributed by atoms with Gasteiger partial charge in [-0.05, 0) is 49.2 Å². The first-order valence-corrected chi connectivity index (χ1v) is 8.50. The Kier molecular flexibility index (Phi) is 5.33. The van der Waals surface area contributed by atoms with Gasteiger partial charge in [-0.3, -0.25) is 9.59 Å². The average Bonchev–Trinajstić information content (AvgIpc) is 2.64. The van der Waals surface area contributed by atoms with Crippen LogP contribution < -0.4 is 10.1 Å². The van der Waals surface area contributed by atoms with E-state index in [4.69, 9.17) is 4.74 Å². The molecule has 130 valence electrons. The molecule has 2 aromatic rings. The second-order valence-electron chi connectivity index (χ2n) is 6.26. The molecule has 0 aliphatic heterocycles. The minimum absolute atomic E-state index is 0.219. The molecule has 3 rings (SSSR count). The monoisotopic (exact) mass is 339 g/mol. The van der Waals surface area contributed by atoms with E-state index in [1.807, 2.05) is 30.3 Å². The molecule has 0 unspecified atom stereocenters. The smallest absolute Gasteiger partial charge is 0.307 e. The lowest BCUT2D eigenvalue weighted by atomic mass is 9.78. The fraction of sp³-hybridized carbons (Fsp3) is 0.300. The number of carboxylic acids is 1. The van der Waals surface area contributed by atoms with Crippen LogP contribution in [0.5, 0.6) is 11.5 Å². The molecule has 1 aliphatic carbocycles. The number of carboxylic acid groups (broad SMARTS) is 1. The summed E-state index contributed by atoms with van der Waals surface area (Å²) < 4.78 is 5.71. The summed E-state index contributed by atoms with van der Waals surface area (Å²) >= 11 is 0. The molecule has 2 aromatic carbocycles. The molecule has 1 amide bonds. The Labute approximate surface area is 146 Å². The second kappa shape index (κ2) is 7.83. The molecule has 0 bridgehead atoms. The van der Waals surface area contributed by atoms with Gasteiger partial charge in [0.1, 0.15) is 11.5 Å². The molecular weight excluding hydrogens is 318 g/mol. The zero-order valence-corrected chi connectivity index (χ0v) is 13.9. The van der Waals surface area contributed by atoms with Crippen LogP contribution in [0.15, 0.2) is 54.6 Å². The van der Waals surface area contributed by atoms with Crippen LogP contribution in [-0.2, 0) is 9.59 Å². The number of carbonyl (C=O) groups excluding carboxylic acids is 1. The van der Waals surface area contributed by atoms with Crippen LogP contribution >= 0.6 is 0 Å². The number of para-hydroxylation sites is 1. The standard InChI is InChI=1S/C20H21NO4/c22-19(17-8-4-5-9-18(17)20(23)24)21-14-10-12-16(13-11-14)25-15-6-2-1-3-7-15/h1-3,6-7,10-13,17-18H,4-5,8-9H2,(H,21,22)(H,23,24)/t17-,18-/m0/s1. The maximum atomic E-state index is 12.5. The molecule has 5 heteroatoms. The van der Waals surface area contributed by atoms with Gasteiger partial charge in [0, 0.05) is 5.69 Å². The van der Waals surface area contributed by atoms with Crippen molar-refractivity contribution in [3.05, 3.63) is 54.6 Å². The van der Waals surface area contributed by atoms with Gasteiger partial charge in [-0.25, -0.2) is 0 Å². The van der Waals surface area contributed by atoms with E-state index in [1.54, 1.807) is 24.3 Å². The highest BCUT2D eigenvalue weighted by Crippen LogP contribution is 2.31. The highest BCUT2D eigenvalue weighted by molar-refractivity contribution is 5.95. The van der Waals surface area contributed by atoms with Gasteiger partial charge >= 0.3 is 5.97 Å². The van der Waals surface area contributed by atoms with Crippen LogP contribution in [0.1, 0.15) is 25.7 Å². The predicted molar refractivity (Wildman–Crippen MR) is 94.7 cm³/mol. The summed E-state index contributed by atoms with van der Waals surface area (Å²) in [4.78, 5) is 23.8. The highest BCUT2D eigenvalue weighted by Gasteiger charge is 2.35. The Morgan fingerprint density at radius 2 is 1.48 bits per heavy atom. The van der Waals surface area contributed by atoms with Crippen molar-refractivity contribution in [2.45, 2.75) is 25.7 Å². The van der Waals surface area contributed by atoms with E-state index in [9.17, 15) is 14.7 Å². The minimum Gasteiger partial charge on any atom is -0.481 e. The van der Waals surface area contributed by atoms with E-state index < -0.39 is 17.8 Å². The van der Waals surface area contributed by atoms with Crippen molar-refractivity contribution in [3.63, 3.8) is 0 Å². The predicted octanol–water partition coefficient (Wildman–Crippen LogP) is 4.31. The number of anilines is 1. The molecule has 0 spiro atoms. The largest absolute Gasteiger partial charge is 0.481 e. The van der Waals surface area contributed by atoms with Gasteiger partial charge in [0.25, 0.3) is 0 Å². The van der Waals surface area contributed by atoms with Gasteiger partial charge in [-0.2, -0.15) is 0 Å². The Hall–Kier alpha value is -2.82. The topological polar surface area (TPSA) is 75.6 Å². The Morgan fingerprint density at radius 3 is 2.12 bits per heavy atom. The molecule has 0 heterocycles. The van der Waals surface area contributed by atoms with Gasteiger partial charge in [-0.15, -0.1) is 0 Å². The Bertz CT molecular complexity index is 727. The number of hydrogen-bond acceptors (Lipinski definition) is 3. The number of benzene rings is 2. The van der Waals surface area contributed by atoms with Crippen molar-refractivity contribution in [1.29, 1.82) is 0 Å². The first-order valence-electron chi connectivity index (χ1n) is 8.50. The van der Waals surface area contributed by atoms with Crippen molar-refractivity contribution in [2.24, 2.45) is 11.8 Å². The highest BCUT2D eigenvalue weighted by atomic mass is 16.5. The fourth-order valence-electron chi connectivity index (χ4n) is 3.21. The number of aliphatic carboxylic acids is 1. The molecule has 2 N–H and O–H groups in total.